The molecule has 136 valence electrons. The first-order valence-corrected chi connectivity index (χ1v) is 9.76. The van der Waals surface area contributed by atoms with E-state index in [4.69, 9.17) is 27.9 Å². The molecule has 10 heteroatoms. The Bertz CT molecular complexity index is 745. The van der Waals surface area contributed by atoms with Crippen molar-refractivity contribution in [1.82, 2.24) is 4.98 Å². The SMILES string of the molecule is CC(F)(F)CCOc1c(Cl)cc(-c2csc(NC(=O)CBr)n2)cc1Cl. The summed E-state index contributed by atoms with van der Waals surface area (Å²) in [6, 6.07) is 3.16. The monoisotopic (exact) mass is 472 g/mol. The average molecular weight is 474 g/mol. The molecule has 1 heterocycles. The lowest BCUT2D eigenvalue weighted by Gasteiger charge is -2.14. The summed E-state index contributed by atoms with van der Waals surface area (Å²) in [6.07, 6.45) is -0.440. The van der Waals surface area contributed by atoms with Crippen molar-refractivity contribution in [2.45, 2.75) is 19.3 Å². The fourth-order valence-corrected chi connectivity index (χ4v) is 3.27. The highest BCUT2D eigenvalue weighted by Gasteiger charge is 2.21. The van der Waals surface area contributed by atoms with Gasteiger partial charge in [0.15, 0.2) is 10.9 Å². The minimum Gasteiger partial charge on any atom is -0.490 e. The highest BCUT2D eigenvalue weighted by atomic mass is 79.9. The second-order valence-corrected chi connectivity index (χ2v) is 7.39. The van der Waals surface area contributed by atoms with Gasteiger partial charge in [-0.15, -0.1) is 11.3 Å². The summed E-state index contributed by atoms with van der Waals surface area (Å²) in [5.41, 5.74) is 1.20. The van der Waals surface area contributed by atoms with E-state index in [1.807, 2.05) is 0 Å². The lowest BCUT2D eigenvalue weighted by atomic mass is 10.1. The van der Waals surface area contributed by atoms with E-state index in [2.05, 4.69) is 26.2 Å². The van der Waals surface area contributed by atoms with Gasteiger partial charge < -0.3 is 10.1 Å². The molecule has 0 atom stereocenters. The highest BCUT2D eigenvalue weighted by molar-refractivity contribution is 9.09. The number of thiazole rings is 1. The van der Waals surface area contributed by atoms with Gasteiger partial charge in [-0.3, -0.25) is 4.79 Å². The Morgan fingerprint density at radius 1 is 1.40 bits per heavy atom. The molecule has 0 unspecified atom stereocenters. The molecule has 0 aliphatic heterocycles. The zero-order chi connectivity index (χ0) is 18.6. The van der Waals surface area contributed by atoms with Crippen LogP contribution in [0.2, 0.25) is 10.0 Å². The summed E-state index contributed by atoms with van der Waals surface area (Å²) < 4.78 is 31.0. The van der Waals surface area contributed by atoms with E-state index in [0.717, 1.165) is 6.92 Å². The lowest BCUT2D eigenvalue weighted by molar-refractivity contribution is -0.113. The molecule has 0 bridgehead atoms. The Hall–Kier alpha value is -0.960. The number of ether oxygens (including phenoxy) is 1. The van der Waals surface area contributed by atoms with Gasteiger partial charge in [0.2, 0.25) is 11.8 Å². The van der Waals surface area contributed by atoms with Crippen LogP contribution in [0.15, 0.2) is 17.5 Å². The molecule has 0 aliphatic carbocycles. The minimum atomic E-state index is -2.82. The molecule has 0 aliphatic rings. The van der Waals surface area contributed by atoms with E-state index < -0.39 is 12.3 Å². The van der Waals surface area contributed by atoms with Crippen LogP contribution >= 0.6 is 50.5 Å². The predicted octanol–water partition coefficient (Wildman–Crippen LogP) is 5.87. The number of benzene rings is 1. The highest BCUT2D eigenvalue weighted by Crippen LogP contribution is 2.38. The van der Waals surface area contributed by atoms with Crippen molar-refractivity contribution in [3.63, 3.8) is 0 Å². The third-order valence-corrected chi connectivity index (χ3v) is 4.78. The van der Waals surface area contributed by atoms with Crippen molar-refractivity contribution in [3.8, 4) is 17.0 Å². The topological polar surface area (TPSA) is 51.2 Å². The molecule has 0 fully saturated rings. The molecule has 1 aromatic carbocycles. The van der Waals surface area contributed by atoms with Gasteiger partial charge in [-0.25, -0.2) is 13.8 Å². The number of hydrogen-bond acceptors (Lipinski definition) is 4. The number of halogens is 5. The van der Waals surface area contributed by atoms with Crippen molar-refractivity contribution >= 4 is 61.5 Å². The quantitative estimate of drug-likeness (QED) is 0.511. The molecule has 0 saturated carbocycles. The van der Waals surface area contributed by atoms with Gasteiger partial charge in [0.25, 0.3) is 0 Å². The van der Waals surface area contributed by atoms with Crippen LogP contribution in [0.1, 0.15) is 13.3 Å². The Kier molecular flexibility index (Phi) is 7.01. The maximum atomic E-state index is 12.8. The molecular formula is C15H13BrCl2F2N2O2S. The van der Waals surface area contributed by atoms with Gasteiger partial charge in [-0.1, -0.05) is 39.1 Å². The summed E-state index contributed by atoms with van der Waals surface area (Å²) in [5, 5.41) is 5.37. The summed E-state index contributed by atoms with van der Waals surface area (Å²) in [4.78, 5) is 15.6. The van der Waals surface area contributed by atoms with Crippen molar-refractivity contribution in [2.75, 3.05) is 17.3 Å². The van der Waals surface area contributed by atoms with Crippen molar-refractivity contribution in [2.24, 2.45) is 0 Å². The Balaban J connectivity index is 2.15. The van der Waals surface area contributed by atoms with Gasteiger partial charge in [-0.2, -0.15) is 0 Å². The summed E-state index contributed by atoms with van der Waals surface area (Å²) in [6.45, 7) is 0.610. The number of aromatic nitrogens is 1. The first-order valence-electron chi connectivity index (χ1n) is 7.01. The van der Waals surface area contributed by atoms with E-state index in [9.17, 15) is 13.6 Å². The van der Waals surface area contributed by atoms with E-state index in [1.165, 1.54) is 11.3 Å². The number of nitrogens with zero attached hydrogens (tertiary/aromatic N) is 1. The standard InChI is InChI=1S/C15H13BrCl2F2N2O2S/c1-15(19,20)2-3-24-13-9(17)4-8(5-10(13)18)11-7-25-14(21-11)22-12(23)6-16/h4-5,7H,2-3,6H2,1H3,(H,21,22,23). The van der Waals surface area contributed by atoms with E-state index in [1.54, 1.807) is 17.5 Å². The number of hydrogen-bond donors (Lipinski definition) is 1. The Morgan fingerprint density at radius 3 is 2.60 bits per heavy atom. The first-order chi connectivity index (χ1) is 11.7. The molecule has 0 spiro atoms. The number of rotatable bonds is 7. The molecule has 1 N–H and O–H groups in total. The van der Waals surface area contributed by atoms with Gasteiger partial charge in [0.05, 0.1) is 27.7 Å². The van der Waals surface area contributed by atoms with E-state index in [0.29, 0.717) is 16.4 Å². The first kappa shape index (κ1) is 20.4. The van der Waals surface area contributed by atoms with Crippen LogP contribution in [0.5, 0.6) is 5.75 Å². The molecule has 0 radical (unpaired) electrons. The average Bonchev–Trinajstić information content (AvgIpc) is 2.97. The predicted molar refractivity (Wildman–Crippen MR) is 101 cm³/mol. The number of amides is 1. The number of carbonyl (C=O) groups is 1. The molecule has 25 heavy (non-hydrogen) atoms. The van der Waals surface area contributed by atoms with Crippen LogP contribution in [0.4, 0.5) is 13.9 Å². The Morgan fingerprint density at radius 2 is 2.04 bits per heavy atom. The largest absolute Gasteiger partial charge is 0.490 e. The van der Waals surface area contributed by atoms with Gasteiger partial charge in [-0.05, 0) is 19.1 Å². The molecule has 0 saturated heterocycles. The third kappa shape index (κ3) is 6.06. The summed E-state index contributed by atoms with van der Waals surface area (Å²) >= 11 is 16.6. The van der Waals surface area contributed by atoms with E-state index in [-0.39, 0.29) is 33.6 Å². The summed E-state index contributed by atoms with van der Waals surface area (Å²) in [7, 11) is 0. The second kappa shape index (κ2) is 8.62. The maximum Gasteiger partial charge on any atom is 0.248 e. The molecule has 2 aromatic rings. The van der Waals surface area contributed by atoms with Crippen molar-refractivity contribution in [3.05, 3.63) is 27.6 Å². The number of nitrogens with one attached hydrogen (secondary N) is 1. The Labute approximate surface area is 165 Å². The van der Waals surface area contributed by atoms with Crippen LogP contribution in [0, 0.1) is 0 Å². The van der Waals surface area contributed by atoms with Crippen LogP contribution < -0.4 is 10.1 Å². The molecular weight excluding hydrogens is 461 g/mol. The van der Waals surface area contributed by atoms with Crippen LogP contribution in [-0.2, 0) is 4.79 Å². The summed E-state index contributed by atoms with van der Waals surface area (Å²) in [5.74, 6) is -2.89. The van der Waals surface area contributed by atoms with Gasteiger partial charge in [0, 0.05) is 17.4 Å². The lowest BCUT2D eigenvalue weighted by Crippen LogP contribution is -2.14. The van der Waals surface area contributed by atoms with Crippen molar-refractivity contribution < 1.29 is 18.3 Å². The zero-order valence-corrected chi connectivity index (χ0v) is 16.8. The fourth-order valence-electron chi connectivity index (χ4n) is 1.79. The normalized spacial score (nSPS) is 11.4. The molecule has 1 aromatic heterocycles. The minimum absolute atomic E-state index is 0.152. The molecule has 2 rings (SSSR count). The number of alkyl halides is 3. The van der Waals surface area contributed by atoms with Gasteiger partial charge >= 0.3 is 0 Å². The second-order valence-electron chi connectivity index (χ2n) is 5.16. The number of carbonyl (C=O) groups excluding carboxylic acids is 1. The maximum absolute atomic E-state index is 12.8. The zero-order valence-electron chi connectivity index (χ0n) is 12.9. The van der Waals surface area contributed by atoms with Crippen LogP contribution in [0.25, 0.3) is 11.3 Å². The van der Waals surface area contributed by atoms with Gasteiger partial charge in [0.1, 0.15) is 0 Å². The van der Waals surface area contributed by atoms with Crippen LogP contribution in [0.3, 0.4) is 0 Å². The fraction of sp³-hybridized carbons (Fsp3) is 0.333. The van der Waals surface area contributed by atoms with Crippen molar-refractivity contribution in [1.29, 1.82) is 0 Å². The molecule has 1 amide bonds. The van der Waals surface area contributed by atoms with Crippen LogP contribution in [-0.4, -0.2) is 28.8 Å². The number of anilines is 1. The molecule has 4 nitrogen and oxygen atoms in total. The smallest absolute Gasteiger partial charge is 0.248 e. The third-order valence-electron chi connectivity index (χ3n) is 2.95. The van der Waals surface area contributed by atoms with E-state index >= 15 is 0 Å².